The topological polar surface area (TPSA) is 73.6 Å². The SMILES string of the molecule is COCCNC(=O)COc1ccc([C@H](C)N)cc1. The Morgan fingerprint density at radius 2 is 2.06 bits per heavy atom. The second-order valence-corrected chi connectivity index (χ2v) is 3.99. The summed E-state index contributed by atoms with van der Waals surface area (Å²) in [5, 5.41) is 2.67. The van der Waals surface area contributed by atoms with Crippen LogP contribution in [0, 0.1) is 0 Å². The van der Waals surface area contributed by atoms with Gasteiger partial charge in [-0.25, -0.2) is 0 Å². The molecule has 0 spiro atoms. The van der Waals surface area contributed by atoms with E-state index in [-0.39, 0.29) is 18.6 Å². The first-order valence-corrected chi connectivity index (χ1v) is 5.87. The van der Waals surface area contributed by atoms with Crippen LogP contribution >= 0.6 is 0 Å². The number of benzene rings is 1. The summed E-state index contributed by atoms with van der Waals surface area (Å²) >= 11 is 0. The van der Waals surface area contributed by atoms with Gasteiger partial charge in [-0.05, 0) is 24.6 Å². The van der Waals surface area contributed by atoms with Gasteiger partial charge in [0, 0.05) is 19.7 Å². The van der Waals surface area contributed by atoms with Crippen molar-refractivity contribution in [3.05, 3.63) is 29.8 Å². The summed E-state index contributed by atoms with van der Waals surface area (Å²) in [6.07, 6.45) is 0. The molecule has 0 aliphatic carbocycles. The fraction of sp³-hybridized carbons (Fsp3) is 0.462. The minimum atomic E-state index is -0.164. The Bertz CT molecular complexity index is 363. The van der Waals surface area contributed by atoms with Gasteiger partial charge in [0.2, 0.25) is 0 Å². The third-order valence-electron chi connectivity index (χ3n) is 2.40. The number of nitrogens with one attached hydrogen (secondary N) is 1. The van der Waals surface area contributed by atoms with Crippen LogP contribution in [0.2, 0.25) is 0 Å². The first kappa shape index (κ1) is 14.5. The van der Waals surface area contributed by atoms with E-state index in [1.165, 1.54) is 0 Å². The molecule has 0 aliphatic heterocycles. The van der Waals surface area contributed by atoms with Crippen molar-refractivity contribution in [1.82, 2.24) is 5.32 Å². The van der Waals surface area contributed by atoms with Crippen LogP contribution in [-0.4, -0.2) is 32.8 Å². The Kier molecular flexibility index (Phi) is 6.18. The van der Waals surface area contributed by atoms with Crippen LogP contribution in [0.4, 0.5) is 0 Å². The molecule has 0 fully saturated rings. The Morgan fingerprint density at radius 3 is 2.61 bits per heavy atom. The van der Waals surface area contributed by atoms with Crippen molar-refractivity contribution in [2.45, 2.75) is 13.0 Å². The van der Waals surface area contributed by atoms with Gasteiger partial charge in [0.15, 0.2) is 6.61 Å². The van der Waals surface area contributed by atoms with Crippen LogP contribution in [-0.2, 0) is 9.53 Å². The number of hydrogen-bond donors (Lipinski definition) is 2. The van der Waals surface area contributed by atoms with Crippen LogP contribution < -0.4 is 15.8 Å². The summed E-state index contributed by atoms with van der Waals surface area (Å²) in [6.45, 7) is 2.90. The number of hydrogen-bond acceptors (Lipinski definition) is 4. The summed E-state index contributed by atoms with van der Waals surface area (Å²) in [5.74, 6) is 0.490. The van der Waals surface area contributed by atoms with E-state index in [0.29, 0.717) is 18.9 Å². The number of methoxy groups -OCH3 is 1. The van der Waals surface area contributed by atoms with Gasteiger partial charge in [-0.2, -0.15) is 0 Å². The highest BCUT2D eigenvalue weighted by atomic mass is 16.5. The van der Waals surface area contributed by atoms with E-state index in [0.717, 1.165) is 5.56 Å². The molecule has 0 radical (unpaired) electrons. The van der Waals surface area contributed by atoms with Gasteiger partial charge in [0.05, 0.1) is 6.61 Å². The number of nitrogens with two attached hydrogens (primary N) is 1. The lowest BCUT2D eigenvalue weighted by atomic mass is 10.1. The lowest BCUT2D eigenvalue weighted by molar-refractivity contribution is -0.123. The first-order chi connectivity index (χ1) is 8.63. The van der Waals surface area contributed by atoms with E-state index >= 15 is 0 Å². The molecule has 1 rings (SSSR count). The molecule has 5 heteroatoms. The van der Waals surface area contributed by atoms with E-state index in [1.54, 1.807) is 19.2 Å². The van der Waals surface area contributed by atoms with E-state index in [2.05, 4.69) is 5.32 Å². The van der Waals surface area contributed by atoms with Crippen molar-refractivity contribution >= 4 is 5.91 Å². The Labute approximate surface area is 107 Å². The van der Waals surface area contributed by atoms with Crippen molar-refractivity contribution in [1.29, 1.82) is 0 Å². The second kappa shape index (κ2) is 7.68. The molecule has 18 heavy (non-hydrogen) atoms. The van der Waals surface area contributed by atoms with Crippen molar-refractivity contribution in [2.75, 3.05) is 26.9 Å². The Balaban J connectivity index is 2.32. The zero-order valence-corrected chi connectivity index (χ0v) is 10.8. The van der Waals surface area contributed by atoms with E-state index < -0.39 is 0 Å². The highest BCUT2D eigenvalue weighted by molar-refractivity contribution is 5.77. The van der Waals surface area contributed by atoms with Gasteiger partial charge in [0.25, 0.3) is 5.91 Å². The molecule has 1 amide bonds. The van der Waals surface area contributed by atoms with Crippen LogP contribution in [0.15, 0.2) is 24.3 Å². The summed E-state index contributed by atoms with van der Waals surface area (Å²) in [7, 11) is 1.59. The maximum Gasteiger partial charge on any atom is 0.258 e. The Morgan fingerprint density at radius 1 is 1.39 bits per heavy atom. The highest BCUT2D eigenvalue weighted by Gasteiger charge is 2.03. The van der Waals surface area contributed by atoms with Crippen LogP contribution in [0.5, 0.6) is 5.75 Å². The fourth-order valence-corrected chi connectivity index (χ4v) is 1.36. The van der Waals surface area contributed by atoms with Crippen LogP contribution in [0.1, 0.15) is 18.5 Å². The fourth-order valence-electron chi connectivity index (χ4n) is 1.36. The maximum atomic E-state index is 11.4. The van der Waals surface area contributed by atoms with Gasteiger partial charge in [-0.3, -0.25) is 4.79 Å². The number of carbonyl (C=O) groups excluding carboxylic acids is 1. The van der Waals surface area contributed by atoms with Gasteiger partial charge in [-0.15, -0.1) is 0 Å². The van der Waals surface area contributed by atoms with Gasteiger partial charge in [-0.1, -0.05) is 12.1 Å². The quantitative estimate of drug-likeness (QED) is 0.705. The number of carbonyl (C=O) groups is 1. The van der Waals surface area contributed by atoms with Crippen molar-refractivity contribution < 1.29 is 14.3 Å². The number of rotatable bonds is 7. The average molecular weight is 252 g/mol. The maximum absolute atomic E-state index is 11.4. The molecule has 0 aromatic heterocycles. The third-order valence-corrected chi connectivity index (χ3v) is 2.40. The van der Waals surface area contributed by atoms with E-state index in [4.69, 9.17) is 15.2 Å². The van der Waals surface area contributed by atoms with E-state index in [9.17, 15) is 4.79 Å². The second-order valence-electron chi connectivity index (χ2n) is 3.99. The molecule has 0 saturated heterocycles. The molecule has 3 N–H and O–H groups in total. The van der Waals surface area contributed by atoms with Crippen molar-refractivity contribution in [2.24, 2.45) is 5.73 Å². The molecular formula is C13H20N2O3. The molecule has 1 aromatic carbocycles. The number of ether oxygens (including phenoxy) is 2. The molecule has 0 bridgehead atoms. The average Bonchev–Trinajstić information content (AvgIpc) is 2.37. The van der Waals surface area contributed by atoms with Crippen LogP contribution in [0.3, 0.4) is 0 Å². The zero-order chi connectivity index (χ0) is 13.4. The zero-order valence-electron chi connectivity index (χ0n) is 10.8. The molecule has 0 unspecified atom stereocenters. The van der Waals surface area contributed by atoms with Gasteiger partial charge >= 0.3 is 0 Å². The number of amides is 1. The highest BCUT2D eigenvalue weighted by Crippen LogP contribution is 2.15. The molecule has 0 heterocycles. The predicted molar refractivity (Wildman–Crippen MR) is 69.4 cm³/mol. The summed E-state index contributed by atoms with van der Waals surface area (Å²) < 4.78 is 10.2. The first-order valence-electron chi connectivity index (χ1n) is 5.87. The van der Waals surface area contributed by atoms with Crippen molar-refractivity contribution in [3.8, 4) is 5.75 Å². The monoisotopic (exact) mass is 252 g/mol. The molecule has 5 nitrogen and oxygen atoms in total. The van der Waals surface area contributed by atoms with Gasteiger partial charge in [0.1, 0.15) is 5.75 Å². The summed E-state index contributed by atoms with van der Waals surface area (Å²) in [6, 6.07) is 7.39. The Hall–Kier alpha value is -1.59. The van der Waals surface area contributed by atoms with Crippen LogP contribution in [0.25, 0.3) is 0 Å². The normalized spacial score (nSPS) is 11.9. The molecular weight excluding hydrogens is 232 g/mol. The lowest BCUT2D eigenvalue weighted by Crippen LogP contribution is -2.31. The smallest absolute Gasteiger partial charge is 0.258 e. The van der Waals surface area contributed by atoms with E-state index in [1.807, 2.05) is 19.1 Å². The molecule has 100 valence electrons. The minimum Gasteiger partial charge on any atom is -0.484 e. The standard InChI is InChI=1S/C13H20N2O3/c1-10(14)11-3-5-12(6-4-11)18-9-13(16)15-7-8-17-2/h3-6,10H,7-9,14H2,1-2H3,(H,15,16)/t10-/m0/s1. The summed E-state index contributed by atoms with van der Waals surface area (Å²) in [5.41, 5.74) is 6.77. The largest absolute Gasteiger partial charge is 0.484 e. The molecule has 1 aromatic rings. The third kappa shape index (κ3) is 5.16. The predicted octanol–water partition coefficient (Wildman–Crippen LogP) is 0.848. The van der Waals surface area contributed by atoms with Gasteiger partial charge < -0.3 is 20.5 Å². The lowest BCUT2D eigenvalue weighted by Gasteiger charge is -2.09. The molecule has 0 aliphatic rings. The van der Waals surface area contributed by atoms with Crippen molar-refractivity contribution in [3.63, 3.8) is 0 Å². The minimum absolute atomic E-state index is 0.00123. The summed E-state index contributed by atoms with van der Waals surface area (Å²) in [4.78, 5) is 11.4. The molecule has 1 atom stereocenters. The molecule has 0 saturated carbocycles.